The second-order valence-electron chi connectivity index (χ2n) is 5.15. The van der Waals surface area contributed by atoms with E-state index in [1.807, 2.05) is 0 Å². The Morgan fingerprint density at radius 3 is 2.38 bits per heavy atom. The third kappa shape index (κ3) is 2.30. The summed E-state index contributed by atoms with van der Waals surface area (Å²) in [5.41, 5.74) is 4.28. The summed E-state index contributed by atoms with van der Waals surface area (Å²) < 4.78 is 0. The Morgan fingerprint density at radius 2 is 1.81 bits per heavy atom. The van der Waals surface area contributed by atoms with Gasteiger partial charge in [0, 0.05) is 6.04 Å². The molecule has 0 spiro atoms. The fourth-order valence-electron chi connectivity index (χ4n) is 2.92. The Hall–Kier alpha value is -0.820. The van der Waals surface area contributed by atoms with Gasteiger partial charge in [0.2, 0.25) is 0 Å². The summed E-state index contributed by atoms with van der Waals surface area (Å²) >= 11 is 0. The van der Waals surface area contributed by atoms with Crippen molar-refractivity contribution in [2.24, 2.45) is 5.92 Å². The molecule has 1 aliphatic rings. The van der Waals surface area contributed by atoms with E-state index >= 15 is 0 Å². The Bertz CT molecular complexity index is 350. The lowest BCUT2D eigenvalue weighted by Crippen LogP contribution is -2.23. The highest BCUT2D eigenvalue weighted by Crippen LogP contribution is 2.35. The Morgan fingerprint density at radius 1 is 1.12 bits per heavy atom. The van der Waals surface area contributed by atoms with E-state index in [0.717, 1.165) is 5.92 Å². The zero-order chi connectivity index (χ0) is 11.5. The van der Waals surface area contributed by atoms with Crippen molar-refractivity contribution in [3.05, 3.63) is 34.9 Å². The molecule has 1 unspecified atom stereocenters. The third-order valence-electron chi connectivity index (χ3n) is 4.07. The Kier molecular flexibility index (Phi) is 3.65. The van der Waals surface area contributed by atoms with Crippen LogP contribution >= 0.6 is 0 Å². The molecule has 1 nitrogen and oxygen atoms in total. The van der Waals surface area contributed by atoms with Gasteiger partial charge < -0.3 is 5.32 Å². The summed E-state index contributed by atoms with van der Waals surface area (Å²) in [6.07, 6.45) is 5.60. The maximum absolute atomic E-state index is 3.51. The van der Waals surface area contributed by atoms with Crippen LogP contribution in [-0.2, 0) is 0 Å². The summed E-state index contributed by atoms with van der Waals surface area (Å²) in [7, 11) is 2.10. The fourth-order valence-corrected chi connectivity index (χ4v) is 2.92. The maximum atomic E-state index is 3.51. The highest BCUT2D eigenvalue weighted by Gasteiger charge is 2.24. The molecule has 88 valence electrons. The van der Waals surface area contributed by atoms with Crippen molar-refractivity contribution in [3.63, 3.8) is 0 Å². The quantitative estimate of drug-likeness (QED) is 0.813. The molecule has 1 atom stereocenters. The first-order valence-electron chi connectivity index (χ1n) is 6.47. The van der Waals surface area contributed by atoms with Gasteiger partial charge in [-0.15, -0.1) is 0 Å². The monoisotopic (exact) mass is 217 g/mol. The first-order valence-corrected chi connectivity index (χ1v) is 6.47. The molecular weight excluding hydrogens is 194 g/mol. The van der Waals surface area contributed by atoms with Crippen molar-refractivity contribution in [1.29, 1.82) is 0 Å². The van der Waals surface area contributed by atoms with Crippen LogP contribution in [0.5, 0.6) is 0 Å². The average molecular weight is 217 g/mol. The van der Waals surface area contributed by atoms with Gasteiger partial charge in [0.05, 0.1) is 0 Å². The molecule has 1 N–H and O–H groups in total. The second-order valence-corrected chi connectivity index (χ2v) is 5.15. The van der Waals surface area contributed by atoms with Crippen molar-refractivity contribution < 1.29 is 0 Å². The molecule has 16 heavy (non-hydrogen) atoms. The molecule has 1 aromatic rings. The minimum absolute atomic E-state index is 0.557. The van der Waals surface area contributed by atoms with Crippen molar-refractivity contribution in [2.45, 2.75) is 45.6 Å². The number of aryl methyl sites for hydroxylation is 2. The van der Waals surface area contributed by atoms with Gasteiger partial charge in [-0.25, -0.2) is 0 Å². The molecule has 1 fully saturated rings. The summed E-state index contributed by atoms with van der Waals surface area (Å²) in [6.45, 7) is 4.39. The molecule has 0 aliphatic heterocycles. The van der Waals surface area contributed by atoms with Crippen LogP contribution in [0.1, 0.15) is 48.4 Å². The zero-order valence-corrected chi connectivity index (χ0v) is 10.7. The highest BCUT2D eigenvalue weighted by atomic mass is 14.9. The van der Waals surface area contributed by atoms with Crippen LogP contribution in [0.4, 0.5) is 0 Å². The molecule has 0 aromatic heterocycles. The predicted molar refractivity (Wildman–Crippen MR) is 69.7 cm³/mol. The Labute approximate surface area is 99.3 Å². The second kappa shape index (κ2) is 5.01. The number of benzene rings is 1. The van der Waals surface area contributed by atoms with Crippen molar-refractivity contribution in [3.8, 4) is 0 Å². The van der Waals surface area contributed by atoms with Crippen molar-refractivity contribution >= 4 is 0 Å². The molecule has 1 aromatic carbocycles. The van der Waals surface area contributed by atoms with Crippen LogP contribution < -0.4 is 5.32 Å². The molecular formula is C15H23N. The van der Waals surface area contributed by atoms with E-state index in [1.54, 1.807) is 0 Å². The van der Waals surface area contributed by atoms with Gasteiger partial charge in [-0.2, -0.15) is 0 Å². The lowest BCUT2D eigenvalue weighted by atomic mass is 9.90. The topological polar surface area (TPSA) is 12.0 Å². The summed E-state index contributed by atoms with van der Waals surface area (Å²) in [6, 6.07) is 7.46. The summed E-state index contributed by atoms with van der Waals surface area (Å²) in [4.78, 5) is 0. The van der Waals surface area contributed by atoms with E-state index in [4.69, 9.17) is 0 Å². The first-order chi connectivity index (χ1) is 7.72. The smallest absolute Gasteiger partial charge is 0.0346 e. The first kappa shape index (κ1) is 11.7. The molecule has 0 radical (unpaired) electrons. The van der Waals surface area contributed by atoms with Gasteiger partial charge in [0.1, 0.15) is 0 Å². The third-order valence-corrected chi connectivity index (χ3v) is 4.07. The van der Waals surface area contributed by atoms with E-state index in [1.165, 1.54) is 42.4 Å². The minimum atomic E-state index is 0.557. The fraction of sp³-hybridized carbons (Fsp3) is 0.600. The average Bonchev–Trinajstić information content (AvgIpc) is 2.78. The van der Waals surface area contributed by atoms with Gasteiger partial charge in [-0.1, -0.05) is 31.0 Å². The standard InChI is InChI=1S/C15H23N/c1-11-8-9-14(10-12(11)2)15(16-3)13-6-4-5-7-13/h8-10,13,15-16H,4-7H2,1-3H3. The van der Waals surface area contributed by atoms with Crippen LogP contribution in [0, 0.1) is 19.8 Å². The van der Waals surface area contributed by atoms with Gasteiger partial charge in [-0.3, -0.25) is 0 Å². The van der Waals surface area contributed by atoms with Gasteiger partial charge in [0.25, 0.3) is 0 Å². The number of rotatable bonds is 3. The molecule has 0 heterocycles. The Balaban J connectivity index is 2.22. The lowest BCUT2D eigenvalue weighted by molar-refractivity contribution is 0.390. The van der Waals surface area contributed by atoms with E-state index in [-0.39, 0.29) is 0 Å². The van der Waals surface area contributed by atoms with Crippen LogP contribution in [0.2, 0.25) is 0 Å². The van der Waals surface area contributed by atoms with Crippen LogP contribution in [0.25, 0.3) is 0 Å². The van der Waals surface area contributed by atoms with Crippen molar-refractivity contribution in [1.82, 2.24) is 5.32 Å². The lowest BCUT2D eigenvalue weighted by Gasteiger charge is -2.24. The molecule has 1 heteroatoms. The van der Waals surface area contributed by atoms with Gasteiger partial charge >= 0.3 is 0 Å². The molecule has 2 rings (SSSR count). The van der Waals surface area contributed by atoms with Crippen LogP contribution in [0.3, 0.4) is 0 Å². The maximum Gasteiger partial charge on any atom is 0.0346 e. The molecule has 0 bridgehead atoms. The van der Waals surface area contributed by atoms with E-state index in [2.05, 4.69) is 44.4 Å². The normalized spacial score (nSPS) is 18.9. The van der Waals surface area contributed by atoms with Crippen molar-refractivity contribution in [2.75, 3.05) is 7.05 Å². The highest BCUT2D eigenvalue weighted by molar-refractivity contribution is 5.32. The summed E-state index contributed by atoms with van der Waals surface area (Å²) in [5.74, 6) is 0.840. The number of hydrogen-bond donors (Lipinski definition) is 1. The van der Waals surface area contributed by atoms with Crippen LogP contribution in [-0.4, -0.2) is 7.05 Å². The molecule has 1 aliphatic carbocycles. The molecule has 1 saturated carbocycles. The minimum Gasteiger partial charge on any atom is -0.313 e. The predicted octanol–water partition coefficient (Wildman–Crippen LogP) is 3.75. The number of hydrogen-bond acceptors (Lipinski definition) is 1. The SMILES string of the molecule is CNC(c1ccc(C)c(C)c1)C1CCCC1. The van der Waals surface area contributed by atoms with E-state index in [0.29, 0.717) is 6.04 Å². The van der Waals surface area contributed by atoms with Gasteiger partial charge in [-0.05, 0) is 56.3 Å². The summed E-state index contributed by atoms with van der Waals surface area (Å²) in [5, 5.41) is 3.51. The van der Waals surface area contributed by atoms with E-state index in [9.17, 15) is 0 Å². The van der Waals surface area contributed by atoms with Gasteiger partial charge in [0.15, 0.2) is 0 Å². The molecule has 0 amide bonds. The van der Waals surface area contributed by atoms with E-state index < -0.39 is 0 Å². The zero-order valence-electron chi connectivity index (χ0n) is 10.7. The van der Waals surface area contributed by atoms with Crippen LogP contribution in [0.15, 0.2) is 18.2 Å². The molecule has 0 saturated heterocycles. The largest absolute Gasteiger partial charge is 0.313 e. The number of nitrogens with one attached hydrogen (secondary N) is 1.